The minimum atomic E-state index is -0.525. The second-order valence-corrected chi connectivity index (χ2v) is 16.9. The first-order chi connectivity index (χ1) is 26.2. The standard InChI is InChI=1S/C49H98O4/c1-3-5-7-9-11-13-15-17-19-20-21-22-23-24-25-26-27-28-29-31-33-35-37-39-41-43-45-52-47-48(46-50)53-49(51)44-42-40-38-36-34-32-30-18-16-14-12-10-8-6-4-2/h48,50H,3-47H2,1-2H3. The molecule has 0 radical (unpaired) electrons. The summed E-state index contributed by atoms with van der Waals surface area (Å²) in [6.07, 6.45) is 56.2. The Kier molecular flexibility index (Phi) is 47.0. The summed E-state index contributed by atoms with van der Waals surface area (Å²) in [6.45, 7) is 5.41. The van der Waals surface area contributed by atoms with E-state index in [0.29, 0.717) is 19.6 Å². The number of unbranched alkanes of at least 4 members (excludes halogenated alkanes) is 39. The fraction of sp³-hybridized carbons (Fsp3) is 0.980. The topological polar surface area (TPSA) is 55.8 Å². The molecule has 0 aromatic heterocycles. The molecule has 0 aromatic carbocycles. The Morgan fingerprint density at radius 3 is 0.887 bits per heavy atom. The molecule has 0 bridgehead atoms. The second kappa shape index (κ2) is 47.5. The van der Waals surface area contributed by atoms with E-state index in [1.807, 2.05) is 0 Å². The summed E-state index contributed by atoms with van der Waals surface area (Å²) >= 11 is 0. The van der Waals surface area contributed by atoms with Crippen LogP contribution in [0.25, 0.3) is 0 Å². The molecule has 0 spiro atoms. The van der Waals surface area contributed by atoms with Gasteiger partial charge in [-0.15, -0.1) is 0 Å². The predicted molar refractivity (Wildman–Crippen MR) is 233 cm³/mol. The van der Waals surface area contributed by atoms with Crippen LogP contribution in [0.1, 0.15) is 284 Å². The number of carbonyl (C=O) groups excluding carboxylic acids is 1. The van der Waals surface area contributed by atoms with Gasteiger partial charge in [-0.3, -0.25) is 4.79 Å². The van der Waals surface area contributed by atoms with Gasteiger partial charge in [-0.05, 0) is 12.8 Å². The van der Waals surface area contributed by atoms with Gasteiger partial charge in [0.1, 0.15) is 6.10 Å². The van der Waals surface area contributed by atoms with Crippen LogP contribution >= 0.6 is 0 Å². The maximum Gasteiger partial charge on any atom is 0.306 e. The Morgan fingerprint density at radius 1 is 0.377 bits per heavy atom. The Balaban J connectivity index is 3.30. The Hall–Kier alpha value is -0.610. The Labute approximate surface area is 333 Å². The van der Waals surface area contributed by atoms with Crippen molar-refractivity contribution in [3.63, 3.8) is 0 Å². The van der Waals surface area contributed by atoms with Crippen molar-refractivity contribution in [2.45, 2.75) is 290 Å². The predicted octanol–water partition coefficient (Wildman–Crippen LogP) is 16.3. The molecule has 0 aromatic rings. The monoisotopic (exact) mass is 751 g/mol. The van der Waals surface area contributed by atoms with Crippen LogP contribution in [0.3, 0.4) is 0 Å². The highest BCUT2D eigenvalue weighted by Gasteiger charge is 2.13. The summed E-state index contributed by atoms with van der Waals surface area (Å²) in [5.74, 6) is -0.192. The van der Waals surface area contributed by atoms with Gasteiger partial charge in [0.05, 0.1) is 13.2 Å². The maximum absolute atomic E-state index is 12.2. The van der Waals surface area contributed by atoms with Gasteiger partial charge in [0.25, 0.3) is 0 Å². The number of hydrogen-bond acceptors (Lipinski definition) is 4. The van der Waals surface area contributed by atoms with Crippen LogP contribution in [-0.2, 0) is 14.3 Å². The summed E-state index contributed by atoms with van der Waals surface area (Å²) in [4.78, 5) is 12.2. The van der Waals surface area contributed by atoms with E-state index < -0.39 is 6.10 Å². The molecule has 0 aliphatic heterocycles. The molecule has 1 unspecified atom stereocenters. The van der Waals surface area contributed by atoms with Gasteiger partial charge in [-0.1, -0.05) is 264 Å². The highest BCUT2D eigenvalue weighted by molar-refractivity contribution is 5.69. The molecule has 53 heavy (non-hydrogen) atoms. The van der Waals surface area contributed by atoms with Gasteiger partial charge in [-0.25, -0.2) is 0 Å². The molecule has 4 nitrogen and oxygen atoms in total. The normalized spacial score (nSPS) is 12.1. The zero-order valence-corrected chi connectivity index (χ0v) is 36.6. The van der Waals surface area contributed by atoms with Crippen LogP contribution in [0.4, 0.5) is 0 Å². The molecule has 0 aliphatic carbocycles. The molecule has 0 rings (SSSR count). The smallest absolute Gasteiger partial charge is 0.306 e. The number of aliphatic hydroxyl groups is 1. The average Bonchev–Trinajstić information content (AvgIpc) is 3.16. The van der Waals surface area contributed by atoms with Crippen LogP contribution in [0.15, 0.2) is 0 Å². The summed E-state index contributed by atoms with van der Waals surface area (Å²) in [5.41, 5.74) is 0. The van der Waals surface area contributed by atoms with Gasteiger partial charge >= 0.3 is 5.97 Å². The lowest BCUT2D eigenvalue weighted by Crippen LogP contribution is -2.27. The number of esters is 1. The van der Waals surface area contributed by atoms with Crippen LogP contribution in [-0.4, -0.2) is 37.0 Å². The number of rotatable bonds is 47. The molecule has 0 amide bonds. The molecule has 1 atom stereocenters. The van der Waals surface area contributed by atoms with Crippen LogP contribution in [0.2, 0.25) is 0 Å². The van der Waals surface area contributed by atoms with Crippen LogP contribution < -0.4 is 0 Å². The van der Waals surface area contributed by atoms with E-state index >= 15 is 0 Å². The minimum absolute atomic E-state index is 0.163. The average molecular weight is 751 g/mol. The van der Waals surface area contributed by atoms with Crippen molar-refractivity contribution in [1.29, 1.82) is 0 Å². The molecule has 0 saturated carbocycles. The molecule has 0 fully saturated rings. The van der Waals surface area contributed by atoms with Gasteiger partial charge < -0.3 is 14.6 Å². The second-order valence-electron chi connectivity index (χ2n) is 16.9. The summed E-state index contributed by atoms with van der Waals surface area (Å²) < 4.78 is 11.2. The van der Waals surface area contributed by atoms with Crippen molar-refractivity contribution in [2.24, 2.45) is 0 Å². The van der Waals surface area contributed by atoms with E-state index in [9.17, 15) is 9.90 Å². The third-order valence-electron chi connectivity index (χ3n) is 11.4. The van der Waals surface area contributed by atoms with Crippen molar-refractivity contribution in [3.05, 3.63) is 0 Å². The Morgan fingerprint density at radius 2 is 0.623 bits per heavy atom. The van der Waals surface area contributed by atoms with Gasteiger partial charge in [-0.2, -0.15) is 0 Å². The van der Waals surface area contributed by atoms with Crippen molar-refractivity contribution in [2.75, 3.05) is 19.8 Å². The van der Waals surface area contributed by atoms with Crippen molar-refractivity contribution >= 4 is 5.97 Å². The minimum Gasteiger partial charge on any atom is -0.457 e. The van der Waals surface area contributed by atoms with Crippen molar-refractivity contribution in [3.8, 4) is 0 Å². The number of carbonyl (C=O) groups is 1. The molecule has 1 N–H and O–H groups in total. The SMILES string of the molecule is CCCCCCCCCCCCCCCCCCCCCCCCCCCCOCC(CO)OC(=O)CCCCCCCCCCCCCCCCC. The van der Waals surface area contributed by atoms with Crippen molar-refractivity contribution < 1.29 is 19.4 Å². The molecule has 0 aliphatic rings. The molecule has 0 heterocycles. The van der Waals surface area contributed by atoms with E-state index in [1.165, 1.54) is 244 Å². The molecular formula is C49H98O4. The fourth-order valence-corrected chi connectivity index (χ4v) is 7.74. The first kappa shape index (κ1) is 52.4. The van der Waals surface area contributed by atoms with Gasteiger partial charge in [0.2, 0.25) is 0 Å². The fourth-order valence-electron chi connectivity index (χ4n) is 7.74. The van der Waals surface area contributed by atoms with Crippen LogP contribution in [0.5, 0.6) is 0 Å². The summed E-state index contributed by atoms with van der Waals surface area (Å²) in [6, 6.07) is 0. The maximum atomic E-state index is 12.2. The number of hydrogen-bond donors (Lipinski definition) is 1. The lowest BCUT2D eigenvalue weighted by Gasteiger charge is -2.16. The first-order valence-electron chi connectivity index (χ1n) is 24.6. The first-order valence-corrected chi connectivity index (χ1v) is 24.6. The molecule has 318 valence electrons. The highest BCUT2D eigenvalue weighted by Crippen LogP contribution is 2.17. The highest BCUT2D eigenvalue weighted by atomic mass is 16.6. The van der Waals surface area contributed by atoms with Crippen LogP contribution in [0, 0.1) is 0 Å². The summed E-state index contributed by atoms with van der Waals surface area (Å²) in [5, 5.41) is 9.62. The number of aliphatic hydroxyl groups excluding tert-OH is 1. The van der Waals surface area contributed by atoms with E-state index in [4.69, 9.17) is 9.47 Å². The molecular weight excluding hydrogens is 653 g/mol. The van der Waals surface area contributed by atoms with Gasteiger partial charge in [0, 0.05) is 13.0 Å². The quantitative estimate of drug-likeness (QED) is 0.0497. The van der Waals surface area contributed by atoms with Gasteiger partial charge in [0.15, 0.2) is 0 Å². The van der Waals surface area contributed by atoms with E-state index in [2.05, 4.69) is 13.8 Å². The largest absolute Gasteiger partial charge is 0.457 e. The van der Waals surface area contributed by atoms with E-state index in [0.717, 1.165) is 19.3 Å². The third-order valence-corrected chi connectivity index (χ3v) is 11.4. The van der Waals surface area contributed by atoms with Crippen molar-refractivity contribution in [1.82, 2.24) is 0 Å². The third kappa shape index (κ3) is 45.7. The van der Waals surface area contributed by atoms with E-state index in [1.54, 1.807) is 0 Å². The Bertz CT molecular complexity index is 667. The summed E-state index contributed by atoms with van der Waals surface area (Å²) in [7, 11) is 0. The zero-order valence-electron chi connectivity index (χ0n) is 36.6. The zero-order chi connectivity index (χ0) is 38.4. The molecule has 4 heteroatoms. The number of ether oxygens (including phenoxy) is 2. The lowest BCUT2D eigenvalue weighted by atomic mass is 10.0. The van der Waals surface area contributed by atoms with E-state index in [-0.39, 0.29) is 12.6 Å². The molecule has 0 saturated heterocycles. The lowest BCUT2D eigenvalue weighted by molar-refractivity contribution is -0.154.